The highest BCUT2D eigenvalue weighted by atomic mass is 16.5. The van der Waals surface area contributed by atoms with Crippen LogP contribution in [0.2, 0.25) is 0 Å². The van der Waals surface area contributed by atoms with Gasteiger partial charge in [-0.25, -0.2) is 4.68 Å². The zero-order valence-electron chi connectivity index (χ0n) is 21.8. The molecule has 0 spiro atoms. The number of aromatic amines is 1. The molecule has 1 fully saturated rings. The van der Waals surface area contributed by atoms with Crippen molar-refractivity contribution in [2.75, 3.05) is 36.5 Å². The SMILES string of the molecule is O=c1cc(N2CCOCC2)cc(-c2cccc3c2Oc2ccc(NCc4cncc(-n5cccn5)c4)cc2C3)[nH]1. The molecule has 3 aromatic heterocycles. The maximum atomic E-state index is 12.6. The molecule has 5 aromatic rings. The number of nitrogens with zero attached hydrogens (tertiary/aromatic N) is 4. The first-order valence-electron chi connectivity index (χ1n) is 13.4. The molecule has 2 aliphatic heterocycles. The van der Waals surface area contributed by atoms with Crippen molar-refractivity contribution in [3.63, 3.8) is 0 Å². The molecule has 0 unspecified atom stereocenters. The summed E-state index contributed by atoms with van der Waals surface area (Å²) in [4.78, 5) is 22.2. The van der Waals surface area contributed by atoms with E-state index in [0.717, 1.165) is 76.0 Å². The fraction of sp³-hybridized carbons (Fsp3) is 0.194. The lowest BCUT2D eigenvalue weighted by molar-refractivity contribution is 0.122. The van der Waals surface area contributed by atoms with E-state index in [9.17, 15) is 4.79 Å². The summed E-state index contributed by atoms with van der Waals surface area (Å²) < 4.78 is 13.7. The Labute approximate surface area is 231 Å². The molecule has 9 heteroatoms. The number of nitrogens with one attached hydrogen (secondary N) is 2. The Kier molecular flexibility index (Phi) is 6.25. The Balaban J connectivity index is 1.11. The summed E-state index contributed by atoms with van der Waals surface area (Å²) in [6.45, 7) is 3.49. The molecule has 0 atom stereocenters. The van der Waals surface area contributed by atoms with E-state index in [1.54, 1.807) is 23.1 Å². The van der Waals surface area contributed by atoms with Gasteiger partial charge in [0.1, 0.15) is 11.5 Å². The Morgan fingerprint density at radius 1 is 0.950 bits per heavy atom. The smallest absolute Gasteiger partial charge is 0.250 e. The quantitative estimate of drug-likeness (QED) is 0.319. The van der Waals surface area contributed by atoms with Crippen molar-refractivity contribution in [3.8, 4) is 28.4 Å². The van der Waals surface area contributed by atoms with Crippen LogP contribution in [-0.4, -0.2) is 46.1 Å². The number of benzene rings is 2. The first-order valence-corrected chi connectivity index (χ1v) is 13.4. The van der Waals surface area contributed by atoms with Crippen LogP contribution in [-0.2, 0) is 17.7 Å². The number of ether oxygens (including phenoxy) is 2. The van der Waals surface area contributed by atoms with E-state index in [1.165, 1.54) is 0 Å². The third-order valence-corrected chi connectivity index (χ3v) is 7.29. The van der Waals surface area contributed by atoms with E-state index in [1.807, 2.05) is 48.8 Å². The predicted molar refractivity (Wildman–Crippen MR) is 154 cm³/mol. The molecule has 0 bridgehead atoms. The van der Waals surface area contributed by atoms with Gasteiger partial charge in [0.2, 0.25) is 5.56 Å². The third kappa shape index (κ3) is 4.83. The number of aromatic nitrogens is 4. The zero-order chi connectivity index (χ0) is 26.9. The molecular weight excluding hydrogens is 504 g/mol. The number of hydrogen-bond acceptors (Lipinski definition) is 7. The summed E-state index contributed by atoms with van der Waals surface area (Å²) in [6.07, 6.45) is 8.05. The van der Waals surface area contributed by atoms with Gasteiger partial charge in [-0.15, -0.1) is 0 Å². The van der Waals surface area contributed by atoms with Crippen molar-refractivity contribution in [1.29, 1.82) is 0 Å². The fourth-order valence-corrected chi connectivity index (χ4v) is 5.30. The van der Waals surface area contributed by atoms with Crippen LogP contribution in [0.15, 0.2) is 90.2 Å². The molecule has 1 saturated heterocycles. The van der Waals surface area contributed by atoms with E-state index >= 15 is 0 Å². The highest BCUT2D eigenvalue weighted by Crippen LogP contribution is 2.43. The average Bonchev–Trinajstić information content (AvgIpc) is 3.54. The van der Waals surface area contributed by atoms with E-state index in [4.69, 9.17) is 9.47 Å². The van der Waals surface area contributed by atoms with Crippen LogP contribution < -0.4 is 20.5 Å². The van der Waals surface area contributed by atoms with Crippen LogP contribution in [0.5, 0.6) is 11.5 Å². The van der Waals surface area contributed by atoms with Gasteiger partial charge in [0.15, 0.2) is 0 Å². The Bertz CT molecular complexity index is 1720. The number of hydrogen-bond donors (Lipinski definition) is 2. The standard InChI is InChI=1S/C31H28N6O3/c38-30-17-25(36-9-11-39-12-10-36)16-28(35-30)27-4-1-3-22-14-23-15-24(5-6-29(23)40-31(22)27)33-19-21-13-26(20-32-18-21)37-8-2-7-34-37/h1-8,13,15-18,20,33H,9-12,14,19H2,(H,35,38). The first kappa shape index (κ1) is 24.2. The van der Waals surface area contributed by atoms with Gasteiger partial charge in [0, 0.05) is 73.2 Å². The van der Waals surface area contributed by atoms with Crippen LogP contribution in [0, 0.1) is 0 Å². The number of H-pyrrole nitrogens is 1. The molecule has 0 saturated carbocycles. The summed E-state index contributed by atoms with van der Waals surface area (Å²) >= 11 is 0. The van der Waals surface area contributed by atoms with E-state index < -0.39 is 0 Å². The van der Waals surface area contributed by atoms with E-state index in [0.29, 0.717) is 19.8 Å². The van der Waals surface area contributed by atoms with Crippen molar-refractivity contribution in [1.82, 2.24) is 19.7 Å². The summed E-state index contributed by atoms with van der Waals surface area (Å²) in [5, 5.41) is 7.80. The van der Waals surface area contributed by atoms with Crippen LogP contribution in [0.25, 0.3) is 16.9 Å². The minimum Gasteiger partial charge on any atom is -0.456 e. The first-order chi connectivity index (χ1) is 19.7. The maximum absolute atomic E-state index is 12.6. The lowest BCUT2D eigenvalue weighted by Crippen LogP contribution is -2.36. The second-order valence-electron chi connectivity index (χ2n) is 9.97. The Morgan fingerprint density at radius 3 is 2.75 bits per heavy atom. The minimum absolute atomic E-state index is 0.131. The molecule has 2 N–H and O–H groups in total. The maximum Gasteiger partial charge on any atom is 0.250 e. The second-order valence-corrected chi connectivity index (χ2v) is 9.97. The van der Waals surface area contributed by atoms with Gasteiger partial charge in [0.25, 0.3) is 0 Å². The number of rotatable bonds is 6. The molecule has 2 aliphatic rings. The predicted octanol–water partition coefficient (Wildman–Crippen LogP) is 4.77. The Morgan fingerprint density at radius 2 is 1.88 bits per heavy atom. The lowest BCUT2D eigenvalue weighted by atomic mass is 9.96. The van der Waals surface area contributed by atoms with Gasteiger partial charge in [-0.2, -0.15) is 5.10 Å². The van der Waals surface area contributed by atoms with E-state index in [-0.39, 0.29) is 5.56 Å². The number of morpholine rings is 1. The van der Waals surface area contributed by atoms with Crippen LogP contribution in [0.3, 0.4) is 0 Å². The van der Waals surface area contributed by atoms with Gasteiger partial charge >= 0.3 is 0 Å². The number of pyridine rings is 2. The van der Waals surface area contributed by atoms with E-state index in [2.05, 4.69) is 43.5 Å². The van der Waals surface area contributed by atoms with Crippen molar-refractivity contribution in [3.05, 3.63) is 112 Å². The zero-order valence-corrected chi connectivity index (χ0v) is 21.8. The molecule has 7 rings (SSSR count). The monoisotopic (exact) mass is 532 g/mol. The number of fused-ring (bicyclic) bond motifs is 2. The van der Waals surface area contributed by atoms with Gasteiger partial charge < -0.3 is 24.7 Å². The van der Waals surface area contributed by atoms with Gasteiger partial charge in [-0.1, -0.05) is 12.1 Å². The molecule has 40 heavy (non-hydrogen) atoms. The van der Waals surface area contributed by atoms with Crippen molar-refractivity contribution in [2.45, 2.75) is 13.0 Å². The second kappa shape index (κ2) is 10.3. The van der Waals surface area contributed by atoms with Crippen molar-refractivity contribution >= 4 is 11.4 Å². The molecule has 0 amide bonds. The fourth-order valence-electron chi connectivity index (χ4n) is 5.30. The van der Waals surface area contributed by atoms with Crippen molar-refractivity contribution in [2.24, 2.45) is 0 Å². The lowest BCUT2D eigenvalue weighted by Gasteiger charge is -2.29. The van der Waals surface area contributed by atoms with Crippen LogP contribution >= 0.6 is 0 Å². The van der Waals surface area contributed by atoms with Gasteiger partial charge in [0.05, 0.1) is 30.8 Å². The number of para-hydroxylation sites is 1. The normalized spacial score (nSPS) is 14.2. The molecule has 5 heterocycles. The molecule has 200 valence electrons. The summed E-state index contributed by atoms with van der Waals surface area (Å²) in [5.41, 5.74) is 7.57. The highest BCUT2D eigenvalue weighted by molar-refractivity contribution is 5.74. The van der Waals surface area contributed by atoms with Gasteiger partial charge in [-0.3, -0.25) is 9.78 Å². The molecular formula is C31H28N6O3. The topological polar surface area (TPSA) is 97.3 Å². The summed E-state index contributed by atoms with van der Waals surface area (Å²) in [6, 6.07) is 19.9. The largest absolute Gasteiger partial charge is 0.456 e. The van der Waals surface area contributed by atoms with Crippen LogP contribution in [0.1, 0.15) is 16.7 Å². The van der Waals surface area contributed by atoms with Crippen molar-refractivity contribution < 1.29 is 9.47 Å². The van der Waals surface area contributed by atoms with Gasteiger partial charge in [-0.05, 0) is 53.6 Å². The summed E-state index contributed by atoms with van der Waals surface area (Å²) in [5.74, 6) is 1.60. The molecule has 0 radical (unpaired) electrons. The number of anilines is 2. The summed E-state index contributed by atoms with van der Waals surface area (Å²) in [7, 11) is 0. The Hall–Kier alpha value is -4.89. The minimum atomic E-state index is -0.131. The average molecular weight is 533 g/mol. The highest BCUT2D eigenvalue weighted by Gasteiger charge is 2.22. The molecule has 0 aliphatic carbocycles. The molecule has 9 nitrogen and oxygen atoms in total. The van der Waals surface area contributed by atoms with Crippen LogP contribution in [0.4, 0.5) is 11.4 Å². The third-order valence-electron chi connectivity index (χ3n) is 7.29. The molecule has 2 aromatic carbocycles.